The molecule has 0 aliphatic carbocycles. The average Bonchev–Trinajstić information content (AvgIpc) is 2.30. The number of aryl methyl sites for hydroxylation is 1. The third-order valence-corrected chi connectivity index (χ3v) is 2.75. The largest absolute Gasteiger partial charge is 0.493 e. The second-order valence-electron chi connectivity index (χ2n) is 4.05. The monoisotopic (exact) mass is 238 g/mol. The summed E-state index contributed by atoms with van der Waals surface area (Å²) in [5.74, 6) is 0.0334. The molecular formula is C13H18O4. The van der Waals surface area contributed by atoms with Gasteiger partial charge in [0.2, 0.25) is 0 Å². The Balaban J connectivity index is 3.12. The molecule has 1 N–H and O–H groups in total. The zero-order valence-electron chi connectivity index (χ0n) is 10.6. The van der Waals surface area contributed by atoms with Crippen LogP contribution in [0.15, 0.2) is 12.1 Å². The maximum absolute atomic E-state index is 10.9. The van der Waals surface area contributed by atoms with Crippen molar-refractivity contribution in [3.05, 3.63) is 23.3 Å². The number of hydrogen-bond acceptors (Lipinski definition) is 3. The van der Waals surface area contributed by atoms with Gasteiger partial charge in [0, 0.05) is 0 Å². The Bertz CT molecular complexity index is 412. The summed E-state index contributed by atoms with van der Waals surface area (Å²) in [5.41, 5.74) is 1.82. The first-order valence-electron chi connectivity index (χ1n) is 5.44. The predicted molar refractivity (Wildman–Crippen MR) is 64.8 cm³/mol. The Morgan fingerprint density at radius 1 is 1.29 bits per heavy atom. The average molecular weight is 238 g/mol. The van der Waals surface area contributed by atoms with Crippen molar-refractivity contribution in [1.82, 2.24) is 0 Å². The molecule has 1 atom stereocenters. The minimum absolute atomic E-state index is 0.426. The molecule has 0 aromatic heterocycles. The summed E-state index contributed by atoms with van der Waals surface area (Å²) in [6.07, 6.45) is 0.426. The van der Waals surface area contributed by atoms with Gasteiger partial charge >= 0.3 is 5.97 Å². The molecule has 1 rings (SSSR count). The molecular weight excluding hydrogens is 220 g/mol. The molecule has 0 heterocycles. The highest BCUT2D eigenvalue weighted by atomic mass is 16.5. The molecule has 0 amide bonds. The van der Waals surface area contributed by atoms with E-state index in [1.54, 1.807) is 21.1 Å². The molecule has 1 unspecified atom stereocenters. The lowest BCUT2D eigenvalue weighted by Crippen LogP contribution is -2.13. The van der Waals surface area contributed by atoms with Gasteiger partial charge in [-0.15, -0.1) is 0 Å². The van der Waals surface area contributed by atoms with E-state index < -0.39 is 11.9 Å². The number of hydrogen-bond donors (Lipinski definition) is 1. The van der Waals surface area contributed by atoms with Crippen LogP contribution in [0.4, 0.5) is 0 Å². The van der Waals surface area contributed by atoms with Crippen molar-refractivity contribution < 1.29 is 19.4 Å². The predicted octanol–water partition coefficient (Wildman–Crippen LogP) is 2.28. The first kappa shape index (κ1) is 13.4. The summed E-state index contributed by atoms with van der Waals surface area (Å²) >= 11 is 0. The molecule has 0 radical (unpaired) electrons. The van der Waals surface area contributed by atoms with Crippen LogP contribution in [0.25, 0.3) is 0 Å². The van der Waals surface area contributed by atoms with E-state index in [1.165, 1.54) is 0 Å². The van der Waals surface area contributed by atoms with Crippen molar-refractivity contribution in [3.8, 4) is 11.5 Å². The number of aliphatic carboxylic acids is 1. The Labute approximate surface area is 101 Å². The smallest absolute Gasteiger partial charge is 0.306 e. The summed E-state index contributed by atoms with van der Waals surface area (Å²) in [6, 6.07) is 3.79. The Morgan fingerprint density at radius 3 is 2.35 bits per heavy atom. The first-order chi connectivity index (χ1) is 8.01. The van der Waals surface area contributed by atoms with E-state index in [1.807, 2.05) is 19.1 Å². The molecule has 0 saturated carbocycles. The molecule has 4 nitrogen and oxygen atoms in total. The summed E-state index contributed by atoms with van der Waals surface area (Å²) in [5, 5.41) is 8.92. The van der Waals surface area contributed by atoms with E-state index >= 15 is 0 Å². The first-order valence-corrected chi connectivity index (χ1v) is 5.44. The minimum Gasteiger partial charge on any atom is -0.493 e. The molecule has 0 aliphatic heterocycles. The van der Waals surface area contributed by atoms with Crippen molar-refractivity contribution >= 4 is 5.97 Å². The molecule has 0 spiro atoms. The fraction of sp³-hybridized carbons (Fsp3) is 0.462. The van der Waals surface area contributed by atoms with Crippen molar-refractivity contribution in [2.45, 2.75) is 20.3 Å². The molecule has 0 bridgehead atoms. The van der Waals surface area contributed by atoms with E-state index in [9.17, 15) is 4.79 Å². The highest BCUT2D eigenvalue weighted by Gasteiger charge is 2.18. The fourth-order valence-electron chi connectivity index (χ4n) is 1.76. The van der Waals surface area contributed by atoms with Crippen LogP contribution >= 0.6 is 0 Å². The zero-order chi connectivity index (χ0) is 13.0. The van der Waals surface area contributed by atoms with Gasteiger partial charge < -0.3 is 14.6 Å². The lowest BCUT2D eigenvalue weighted by atomic mass is 9.99. The van der Waals surface area contributed by atoms with Crippen LogP contribution in [0, 0.1) is 12.8 Å². The molecule has 0 aliphatic rings. The quantitative estimate of drug-likeness (QED) is 0.855. The summed E-state index contributed by atoms with van der Waals surface area (Å²) in [4.78, 5) is 10.9. The van der Waals surface area contributed by atoms with Gasteiger partial charge in [0.1, 0.15) is 0 Å². The second-order valence-corrected chi connectivity index (χ2v) is 4.05. The van der Waals surface area contributed by atoms with E-state index in [4.69, 9.17) is 14.6 Å². The number of benzene rings is 1. The number of ether oxygens (including phenoxy) is 2. The molecule has 1 aromatic carbocycles. The highest BCUT2D eigenvalue weighted by molar-refractivity contribution is 5.70. The van der Waals surface area contributed by atoms with Crippen LogP contribution in [-0.4, -0.2) is 25.3 Å². The lowest BCUT2D eigenvalue weighted by Gasteiger charge is -2.16. The van der Waals surface area contributed by atoms with E-state index in [2.05, 4.69) is 0 Å². The van der Waals surface area contributed by atoms with Gasteiger partial charge in [-0.05, 0) is 24.5 Å². The summed E-state index contributed by atoms with van der Waals surface area (Å²) in [7, 11) is 3.14. The number of rotatable bonds is 5. The van der Waals surface area contributed by atoms with Crippen LogP contribution in [0.2, 0.25) is 0 Å². The van der Waals surface area contributed by atoms with Gasteiger partial charge in [0.05, 0.1) is 20.1 Å². The van der Waals surface area contributed by atoms with E-state index in [0.29, 0.717) is 17.9 Å². The Morgan fingerprint density at radius 2 is 1.88 bits per heavy atom. The van der Waals surface area contributed by atoms with Gasteiger partial charge in [0.15, 0.2) is 11.5 Å². The fourth-order valence-corrected chi connectivity index (χ4v) is 1.76. The Kier molecular flexibility index (Phi) is 4.37. The number of methoxy groups -OCH3 is 2. The lowest BCUT2D eigenvalue weighted by molar-refractivity contribution is -0.141. The van der Waals surface area contributed by atoms with Crippen LogP contribution in [-0.2, 0) is 11.2 Å². The molecule has 1 aromatic rings. The molecule has 17 heavy (non-hydrogen) atoms. The van der Waals surface area contributed by atoms with Gasteiger partial charge in [-0.25, -0.2) is 0 Å². The van der Waals surface area contributed by atoms with Gasteiger partial charge in [-0.3, -0.25) is 4.79 Å². The number of carbonyl (C=O) groups is 1. The topological polar surface area (TPSA) is 55.8 Å². The second kappa shape index (κ2) is 5.57. The summed E-state index contributed by atoms with van der Waals surface area (Å²) < 4.78 is 10.6. The SMILES string of the molecule is COc1c(C)ccc(CC(C)C(=O)O)c1OC. The maximum Gasteiger partial charge on any atom is 0.306 e. The standard InChI is InChI=1S/C13H18O4/c1-8-5-6-10(7-9(2)13(14)15)12(17-4)11(8)16-3/h5-6,9H,7H2,1-4H3,(H,14,15). The Hall–Kier alpha value is -1.71. The number of carboxylic acids is 1. The van der Waals surface area contributed by atoms with Gasteiger partial charge in [-0.2, -0.15) is 0 Å². The van der Waals surface area contributed by atoms with Crippen LogP contribution in [0.1, 0.15) is 18.1 Å². The van der Waals surface area contributed by atoms with Gasteiger partial charge in [-0.1, -0.05) is 19.1 Å². The van der Waals surface area contributed by atoms with Crippen molar-refractivity contribution in [2.75, 3.05) is 14.2 Å². The molecule has 0 saturated heterocycles. The maximum atomic E-state index is 10.9. The van der Waals surface area contributed by atoms with Crippen LogP contribution < -0.4 is 9.47 Å². The third kappa shape index (κ3) is 2.90. The van der Waals surface area contributed by atoms with Gasteiger partial charge in [0.25, 0.3) is 0 Å². The van der Waals surface area contributed by atoms with Crippen molar-refractivity contribution in [3.63, 3.8) is 0 Å². The van der Waals surface area contributed by atoms with Crippen LogP contribution in [0.3, 0.4) is 0 Å². The normalized spacial score (nSPS) is 12.0. The highest BCUT2D eigenvalue weighted by Crippen LogP contribution is 2.35. The minimum atomic E-state index is -0.813. The molecule has 0 fully saturated rings. The van der Waals surface area contributed by atoms with Crippen molar-refractivity contribution in [2.24, 2.45) is 5.92 Å². The van der Waals surface area contributed by atoms with Crippen molar-refractivity contribution in [1.29, 1.82) is 0 Å². The van der Waals surface area contributed by atoms with E-state index in [0.717, 1.165) is 11.1 Å². The van der Waals surface area contributed by atoms with Crippen LogP contribution in [0.5, 0.6) is 11.5 Å². The summed E-state index contributed by atoms with van der Waals surface area (Å²) in [6.45, 7) is 3.60. The molecule has 94 valence electrons. The third-order valence-electron chi connectivity index (χ3n) is 2.75. The van der Waals surface area contributed by atoms with E-state index in [-0.39, 0.29) is 0 Å². The molecule has 4 heteroatoms. The zero-order valence-corrected chi connectivity index (χ0v) is 10.6. The number of carboxylic acid groups (broad SMARTS) is 1.